The molecule has 16 heavy (non-hydrogen) atoms. The molecule has 1 heterocycles. The zero-order chi connectivity index (χ0) is 11.2. The van der Waals surface area contributed by atoms with Crippen LogP contribution in [-0.2, 0) is 13.1 Å². The predicted octanol–water partition coefficient (Wildman–Crippen LogP) is 1.53. The molecule has 2 N–H and O–H groups in total. The molecule has 0 radical (unpaired) electrons. The van der Waals surface area contributed by atoms with Crippen molar-refractivity contribution in [3.05, 3.63) is 42.5 Å². The fraction of sp³-hybridized carbons (Fsp3) is 0.273. The molecule has 0 spiro atoms. The number of rotatable bonds is 5. The largest absolute Gasteiger partial charge is 0.324 e. The van der Waals surface area contributed by atoms with Crippen molar-refractivity contribution in [3.63, 3.8) is 0 Å². The van der Waals surface area contributed by atoms with E-state index in [4.69, 9.17) is 5.73 Å². The topological polar surface area (TPSA) is 56.7 Å². The summed E-state index contributed by atoms with van der Waals surface area (Å²) in [5.41, 5.74) is 5.55. The summed E-state index contributed by atoms with van der Waals surface area (Å²) in [5, 5.41) is 4.13. The highest BCUT2D eigenvalue weighted by Gasteiger charge is 2.01. The molecule has 0 bridgehead atoms. The Morgan fingerprint density at radius 2 is 2.06 bits per heavy atom. The lowest BCUT2D eigenvalue weighted by Crippen LogP contribution is -2.11. The standard InChI is InChI=1S/C11H14N4S/c12-8-11-13-9-14-15(11)6-7-16-10-4-2-1-3-5-10/h1-5,9H,6-8,12H2. The average molecular weight is 234 g/mol. The molecule has 5 heteroatoms. The van der Waals surface area contributed by atoms with Crippen molar-refractivity contribution in [1.82, 2.24) is 14.8 Å². The minimum absolute atomic E-state index is 0.440. The van der Waals surface area contributed by atoms with Gasteiger partial charge in [-0.3, -0.25) is 0 Å². The van der Waals surface area contributed by atoms with Crippen molar-refractivity contribution in [2.24, 2.45) is 5.73 Å². The van der Waals surface area contributed by atoms with Gasteiger partial charge < -0.3 is 5.73 Å². The van der Waals surface area contributed by atoms with Crippen LogP contribution in [0, 0.1) is 0 Å². The van der Waals surface area contributed by atoms with Crippen LogP contribution in [-0.4, -0.2) is 20.5 Å². The predicted molar refractivity (Wildman–Crippen MR) is 65.1 cm³/mol. The second kappa shape index (κ2) is 5.67. The maximum absolute atomic E-state index is 5.55. The number of nitrogens with two attached hydrogens (primary N) is 1. The summed E-state index contributed by atoms with van der Waals surface area (Å²) in [4.78, 5) is 5.35. The van der Waals surface area contributed by atoms with Gasteiger partial charge in [-0.1, -0.05) is 18.2 Å². The molecule has 0 amide bonds. The van der Waals surface area contributed by atoms with Crippen LogP contribution >= 0.6 is 11.8 Å². The molecule has 0 aliphatic heterocycles. The van der Waals surface area contributed by atoms with E-state index in [0.717, 1.165) is 18.1 Å². The van der Waals surface area contributed by atoms with E-state index in [1.807, 2.05) is 34.6 Å². The highest BCUT2D eigenvalue weighted by atomic mass is 32.2. The van der Waals surface area contributed by atoms with Crippen LogP contribution in [0.3, 0.4) is 0 Å². The Hall–Kier alpha value is -1.33. The Bertz CT molecular complexity index is 427. The maximum atomic E-state index is 5.55. The van der Waals surface area contributed by atoms with Gasteiger partial charge in [0.25, 0.3) is 0 Å². The molecule has 1 aromatic carbocycles. The molecule has 0 atom stereocenters. The molecular weight excluding hydrogens is 220 g/mol. The van der Waals surface area contributed by atoms with E-state index >= 15 is 0 Å². The van der Waals surface area contributed by atoms with Crippen LogP contribution in [0.4, 0.5) is 0 Å². The zero-order valence-corrected chi connectivity index (χ0v) is 9.73. The third-order valence-electron chi connectivity index (χ3n) is 2.19. The van der Waals surface area contributed by atoms with Gasteiger partial charge in [-0.05, 0) is 12.1 Å². The van der Waals surface area contributed by atoms with Crippen molar-refractivity contribution in [1.29, 1.82) is 0 Å². The summed E-state index contributed by atoms with van der Waals surface area (Å²) in [6, 6.07) is 10.3. The molecule has 4 nitrogen and oxygen atoms in total. The van der Waals surface area contributed by atoms with Gasteiger partial charge in [0.15, 0.2) is 0 Å². The van der Waals surface area contributed by atoms with E-state index in [1.54, 1.807) is 6.33 Å². The van der Waals surface area contributed by atoms with Crippen LogP contribution in [0.25, 0.3) is 0 Å². The molecule has 2 aromatic rings. The number of nitrogens with zero attached hydrogens (tertiary/aromatic N) is 3. The van der Waals surface area contributed by atoms with E-state index in [9.17, 15) is 0 Å². The van der Waals surface area contributed by atoms with E-state index in [-0.39, 0.29) is 0 Å². The van der Waals surface area contributed by atoms with Gasteiger partial charge in [0.1, 0.15) is 12.2 Å². The smallest absolute Gasteiger partial charge is 0.140 e. The first-order valence-electron chi connectivity index (χ1n) is 5.15. The Morgan fingerprint density at radius 1 is 1.25 bits per heavy atom. The minimum Gasteiger partial charge on any atom is -0.324 e. The minimum atomic E-state index is 0.440. The van der Waals surface area contributed by atoms with Crippen molar-refractivity contribution >= 4 is 11.8 Å². The molecule has 0 aliphatic carbocycles. The Kier molecular flexibility index (Phi) is 3.96. The molecular formula is C11H14N4S. The monoisotopic (exact) mass is 234 g/mol. The van der Waals surface area contributed by atoms with Crippen molar-refractivity contribution in [2.75, 3.05) is 5.75 Å². The lowest BCUT2D eigenvalue weighted by molar-refractivity contribution is 0.622. The zero-order valence-electron chi connectivity index (χ0n) is 8.91. The van der Waals surface area contributed by atoms with E-state index in [0.29, 0.717) is 6.54 Å². The second-order valence-electron chi connectivity index (χ2n) is 3.27. The first-order chi connectivity index (χ1) is 7.90. The fourth-order valence-electron chi connectivity index (χ4n) is 1.40. The Labute approximate surface area is 98.9 Å². The number of aromatic nitrogens is 3. The van der Waals surface area contributed by atoms with Gasteiger partial charge in [-0.25, -0.2) is 9.67 Å². The number of aryl methyl sites for hydroxylation is 1. The van der Waals surface area contributed by atoms with E-state index < -0.39 is 0 Å². The average Bonchev–Trinajstić information content (AvgIpc) is 2.78. The summed E-state index contributed by atoms with van der Waals surface area (Å²) in [6.45, 7) is 1.28. The van der Waals surface area contributed by atoms with E-state index in [2.05, 4.69) is 22.2 Å². The Morgan fingerprint density at radius 3 is 2.81 bits per heavy atom. The molecule has 0 saturated carbocycles. The summed E-state index contributed by atoms with van der Waals surface area (Å²) in [6.07, 6.45) is 1.55. The van der Waals surface area contributed by atoms with Crippen LogP contribution in [0.1, 0.15) is 5.82 Å². The third-order valence-corrected chi connectivity index (χ3v) is 3.19. The Balaban J connectivity index is 1.85. The first kappa shape index (κ1) is 11.2. The summed E-state index contributed by atoms with van der Waals surface area (Å²) >= 11 is 1.81. The lowest BCUT2D eigenvalue weighted by Gasteiger charge is -2.04. The highest BCUT2D eigenvalue weighted by molar-refractivity contribution is 7.99. The van der Waals surface area contributed by atoms with Crippen LogP contribution < -0.4 is 5.73 Å². The summed E-state index contributed by atoms with van der Waals surface area (Å²) in [5.74, 6) is 1.81. The van der Waals surface area contributed by atoms with Gasteiger partial charge in [-0.15, -0.1) is 11.8 Å². The SMILES string of the molecule is NCc1ncnn1CCSc1ccccc1. The number of benzene rings is 1. The second-order valence-corrected chi connectivity index (χ2v) is 4.43. The van der Waals surface area contributed by atoms with E-state index in [1.165, 1.54) is 4.90 Å². The normalized spacial score (nSPS) is 10.6. The molecule has 0 aliphatic rings. The number of thioether (sulfide) groups is 1. The van der Waals surface area contributed by atoms with Crippen molar-refractivity contribution in [2.45, 2.75) is 18.0 Å². The van der Waals surface area contributed by atoms with Crippen molar-refractivity contribution in [3.8, 4) is 0 Å². The van der Waals surface area contributed by atoms with Crippen LogP contribution in [0.2, 0.25) is 0 Å². The molecule has 0 saturated heterocycles. The maximum Gasteiger partial charge on any atom is 0.140 e. The molecule has 2 rings (SSSR count). The summed E-state index contributed by atoms with van der Waals surface area (Å²) < 4.78 is 1.86. The molecule has 84 valence electrons. The van der Waals surface area contributed by atoms with Gasteiger partial charge in [0.2, 0.25) is 0 Å². The quantitative estimate of drug-likeness (QED) is 0.797. The fourth-order valence-corrected chi connectivity index (χ4v) is 2.25. The number of hydrogen-bond acceptors (Lipinski definition) is 4. The molecule has 0 fully saturated rings. The molecule has 1 aromatic heterocycles. The summed E-state index contributed by atoms with van der Waals surface area (Å²) in [7, 11) is 0. The van der Waals surface area contributed by atoms with Crippen LogP contribution in [0.15, 0.2) is 41.6 Å². The van der Waals surface area contributed by atoms with Crippen molar-refractivity contribution < 1.29 is 0 Å². The third kappa shape index (κ3) is 2.84. The van der Waals surface area contributed by atoms with Gasteiger partial charge in [0, 0.05) is 10.6 Å². The number of hydrogen-bond donors (Lipinski definition) is 1. The van der Waals surface area contributed by atoms with Gasteiger partial charge in [-0.2, -0.15) is 5.10 Å². The highest BCUT2D eigenvalue weighted by Crippen LogP contribution is 2.16. The van der Waals surface area contributed by atoms with Crippen LogP contribution in [0.5, 0.6) is 0 Å². The molecule has 0 unspecified atom stereocenters. The first-order valence-corrected chi connectivity index (χ1v) is 6.13. The lowest BCUT2D eigenvalue weighted by atomic mass is 10.4. The van der Waals surface area contributed by atoms with Gasteiger partial charge in [0.05, 0.1) is 13.1 Å². The van der Waals surface area contributed by atoms with Gasteiger partial charge >= 0.3 is 0 Å².